The van der Waals surface area contributed by atoms with Gasteiger partial charge in [0.1, 0.15) is 11.3 Å². The van der Waals surface area contributed by atoms with Crippen molar-refractivity contribution in [2.45, 2.75) is 0 Å². The molecule has 4 rings (SSSR count). The van der Waals surface area contributed by atoms with E-state index >= 15 is 0 Å². The molecule has 0 fully saturated rings. The summed E-state index contributed by atoms with van der Waals surface area (Å²) in [5.74, 6) is 0.425. The molecule has 0 bridgehead atoms. The second-order valence-corrected chi connectivity index (χ2v) is 6.85. The topological polar surface area (TPSA) is 72.7 Å². The van der Waals surface area contributed by atoms with Gasteiger partial charge in [-0.05, 0) is 30.3 Å². The first-order valence-electron chi connectivity index (χ1n) is 7.90. The zero-order chi connectivity index (χ0) is 18.8. The summed E-state index contributed by atoms with van der Waals surface area (Å²) in [7, 11) is 0. The predicted molar refractivity (Wildman–Crippen MR) is 105 cm³/mol. The fourth-order valence-corrected chi connectivity index (χ4v) is 3.32. The van der Waals surface area contributed by atoms with E-state index in [1.54, 1.807) is 41.9 Å². The van der Waals surface area contributed by atoms with Crippen LogP contribution in [-0.2, 0) is 0 Å². The van der Waals surface area contributed by atoms with Crippen LogP contribution in [0.5, 0.6) is 11.5 Å². The molecule has 2 heterocycles. The highest BCUT2D eigenvalue weighted by atomic mass is 35.5. The normalized spacial score (nSPS) is 10.7. The largest absolute Gasteiger partial charge is 0.455 e. The van der Waals surface area contributed by atoms with Crippen LogP contribution in [0.15, 0.2) is 71.1 Å². The maximum absolute atomic E-state index is 12.7. The SMILES string of the molecule is O=C(Nc1cc(Cl)ccc1Oc1ccccc1)c1cnc2sccn2c1=O. The molecule has 0 saturated carbocycles. The highest BCUT2D eigenvalue weighted by Crippen LogP contribution is 2.32. The molecule has 0 saturated heterocycles. The fraction of sp³-hybridized carbons (Fsp3) is 0. The third-order valence-electron chi connectivity index (χ3n) is 3.75. The number of thiazole rings is 1. The molecule has 0 aliphatic heterocycles. The van der Waals surface area contributed by atoms with Gasteiger partial charge in [0.25, 0.3) is 11.5 Å². The number of fused-ring (bicyclic) bond motifs is 1. The second kappa shape index (κ2) is 7.22. The van der Waals surface area contributed by atoms with E-state index in [0.29, 0.717) is 27.2 Å². The van der Waals surface area contributed by atoms with Gasteiger partial charge in [0.15, 0.2) is 10.7 Å². The van der Waals surface area contributed by atoms with Crippen LogP contribution in [0.2, 0.25) is 5.02 Å². The van der Waals surface area contributed by atoms with E-state index in [2.05, 4.69) is 10.3 Å². The van der Waals surface area contributed by atoms with Gasteiger partial charge in [-0.3, -0.25) is 14.0 Å². The number of carbonyl (C=O) groups excluding carboxylic acids is 1. The summed E-state index contributed by atoms with van der Waals surface area (Å²) in [5.41, 5.74) is -0.158. The summed E-state index contributed by atoms with van der Waals surface area (Å²) in [4.78, 5) is 29.8. The number of nitrogens with zero attached hydrogens (tertiary/aromatic N) is 2. The van der Waals surface area contributed by atoms with E-state index in [1.807, 2.05) is 18.2 Å². The Balaban J connectivity index is 1.66. The molecule has 6 nitrogen and oxygen atoms in total. The van der Waals surface area contributed by atoms with Gasteiger partial charge in [0.05, 0.1) is 5.69 Å². The van der Waals surface area contributed by atoms with Crippen molar-refractivity contribution in [2.24, 2.45) is 0 Å². The standard InChI is InChI=1S/C19H12ClN3O3S/c20-12-6-7-16(26-13-4-2-1-3-5-13)15(10-12)22-17(24)14-11-21-19-23(18(14)25)8-9-27-19/h1-11H,(H,22,24). The molecule has 4 aromatic rings. The number of hydrogen-bond donors (Lipinski definition) is 1. The summed E-state index contributed by atoms with van der Waals surface area (Å²) < 4.78 is 7.15. The number of carbonyl (C=O) groups is 1. The summed E-state index contributed by atoms with van der Waals surface area (Å²) >= 11 is 7.37. The maximum atomic E-state index is 12.7. The quantitative estimate of drug-likeness (QED) is 0.552. The van der Waals surface area contributed by atoms with Crippen LogP contribution in [-0.4, -0.2) is 15.3 Å². The Kier molecular flexibility index (Phi) is 4.62. The number of anilines is 1. The second-order valence-electron chi connectivity index (χ2n) is 5.54. The Labute approximate surface area is 162 Å². The molecule has 0 spiro atoms. The number of amides is 1. The van der Waals surface area contributed by atoms with Gasteiger partial charge < -0.3 is 10.1 Å². The number of para-hydroxylation sites is 1. The molecule has 0 atom stereocenters. The van der Waals surface area contributed by atoms with Gasteiger partial charge in [0, 0.05) is 22.8 Å². The van der Waals surface area contributed by atoms with E-state index in [4.69, 9.17) is 16.3 Å². The third kappa shape index (κ3) is 3.55. The average molecular weight is 398 g/mol. The number of aromatic nitrogens is 2. The Morgan fingerprint density at radius 2 is 2.00 bits per heavy atom. The first-order chi connectivity index (χ1) is 13.1. The Bertz CT molecular complexity index is 1190. The zero-order valence-corrected chi connectivity index (χ0v) is 15.3. The van der Waals surface area contributed by atoms with Crippen molar-refractivity contribution >= 4 is 39.5 Å². The Morgan fingerprint density at radius 3 is 2.81 bits per heavy atom. The minimum atomic E-state index is -0.590. The smallest absolute Gasteiger partial charge is 0.271 e. The van der Waals surface area contributed by atoms with Gasteiger partial charge in [-0.2, -0.15) is 0 Å². The number of halogens is 1. The molecular weight excluding hydrogens is 386 g/mol. The molecule has 1 amide bonds. The molecule has 0 aliphatic carbocycles. The van der Waals surface area contributed by atoms with Gasteiger partial charge >= 0.3 is 0 Å². The van der Waals surface area contributed by atoms with E-state index < -0.39 is 11.5 Å². The first kappa shape index (κ1) is 17.3. The lowest BCUT2D eigenvalue weighted by atomic mass is 10.2. The van der Waals surface area contributed by atoms with Crippen LogP contribution in [0.4, 0.5) is 5.69 Å². The molecule has 2 aromatic carbocycles. The Hall–Kier alpha value is -3.16. The highest BCUT2D eigenvalue weighted by Gasteiger charge is 2.16. The molecular formula is C19H12ClN3O3S. The van der Waals surface area contributed by atoms with Crippen LogP contribution in [0, 0.1) is 0 Å². The summed E-state index contributed by atoms with van der Waals surface area (Å²) in [5, 5.41) is 4.84. The van der Waals surface area contributed by atoms with Gasteiger partial charge in [-0.15, -0.1) is 11.3 Å². The first-order valence-corrected chi connectivity index (χ1v) is 9.16. The number of ether oxygens (including phenoxy) is 1. The maximum Gasteiger partial charge on any atom is 0.271 e. The lowest BCUT2D eigenvalue weighted by Crippen LogP contribution is -2.25. The molecule has 0 radical (unpaired) electrons. The van der Waals surface area contributed by atoms with Crippen LogP contribution < -0.4 is 15.6 Å². The van der Waals surface area contributed by atoms with E-state index in [0.717, 1.165) is 0 Å². The molecule has 0 aliphatic rings. The monoisotopic (exact) mass is 397 g/mol. The lowest BCUT2D eigenvalue weighted by Gasteiger charge is -2.12. The van der Waals surface area contributed by atoms with Crippen LogP contribution in [0.3, 0.4) is 0 Å². The minimum absolute atomic E-state index is 0.0727. The highest BCUT2D eigenvalue weighted by molar-refractivity contribution is 7.15. The third-order valence-corrected chi connectivity index (χ3v) is 4.75. The van der Waals surface area contributed by atoms with Crippen molar-refractivity contribution in [3.63, 3.8) is 0 Å². The molecule has 2 aromatic heterocycles. The fourth-order valence-electron chi connectivity index (χ4n) is 2.47. The molecule has 134 valence electrons. The van der Waals surface area contributed by atoms with Crippen molar-refractivity contribution in [1.82, 2.24) is 9.38 Å². The number of benzene rings is 2. The van der Waals surface area contributed by atoms with Crippen molar-refractivity contribution in [3.05, 3.63) is 87.2 Å². The predicted octanol–water partition coefficient (Wildman–Crippen LogP) is 4.45. The molecule has 27 heavy (non-hydrogen) atoms. The number of rotatable bonds is 4. The van der Waals surface area contributed by atoms with Crippen molar-refractivity contribution < 1.29 is 9.53 Å². The van der Waals surface area contributed by atoms with Crippen LogP contribution >= 0.6 is 22.9 Å². The van der Waals surface area contributed by atoms with E-state index in [-0.39, 0.29) is 5.56 Å². The molecule has 1 N–H and O–H groups in total. The molecule has 8 heteroatoms. The zero-order valence-electron chi connectivity index (χ0n) is 13.8. The minimum Gasteiger partial charge on any atom is -0.455 e. The number of hydrogen-bond acceptors (Lipinski definition) is 5. The van der Waals surface area contributed by atoms with Gasteiger partial charge in [-0.1, -0.05) is 29.8 Å². The molecule has 0 unspecified atom stereocenters. The van der Waals surface area contributed by atoms with Crippen molar-refractivity contribution in [2.75, 3.05) is 5.32 Å². The van der Waals surface area contributed by atoms with Crippen molar-refractivity contribution in [1.29, 1.82) is 0 Å². The van der Waals surface area contributed by atoms with E-state index in [1.165, 1.54) is 21.9 Å². The van der Waals surface area contributed by atoms with E-state index in [9.17, 15) is 9.59 Å². The summed E-state index contributed by atoms with van der Waals surface area (Å²) in [6.45, 7) is 0. The summed E-state index contributed by atoms with van der Waals surface area (Å²) in [6, 6.07) is 14.0. The summed E-state index contributed by atoms with van der Waals surface area (Å²) in [6.07, 6.45) is 2.85. The Morgan fingerprint density at radius 1 is 1.19 bits per heavy atom. The van der Waals surface area contributed by atoms with Crippen LogP contribution in [0.1, 0.15) is 10.4 Å². The van der Waals surface area contributed by atoms with Gasteiger partial charge in [-0.25, -0.2) is 4.98 Å². The average Bonchev–Trinajstić information content (AvgIpc) is 3.15. The lowest BCUT2D eigenvalue weighted by molar-refractivity contribution is 0.102. The van der Waals surface area contributed by atoms with Crippen LogP contribution in [0.25, 0.3) is 4.96 Å². The number of nitrogens with one attached hydrogen (secondary N) is 1. The van der Waals surface area contributed by atoms with Crippen molar-refractivity contribution in [3.8, 4) is 11.5 Å². The van der Waals surface area contributed by atoms with Gasteiger partial charge in [0.2, 0.25) is 0 Å².